The highest BCUT2D eigenvalue weighted by molar-refractivity contribution is 5.98. The molecule has 6 aliphatic rings. The highest BCUT2D eigenvalue weighted by atomic mass is 16.7. The fraction of sp³-hybridized carbons (Fsp3) is 0.565. The van der Waals surface area contributed by atoms with Crippen molar-refractivity contribution in [3.63, 3.8) is 0 Å². The molecule has 3 aromatic rings. The van der Waals surface area contributed by atoms with Gasteiger partial charge in [-0.25, -0.2) is 0 Å². The Morgan fingerprint density at radius 3 is 1.80 bits per heavy atom. The maximum atomic E-state index is 15.2. The molecule has 0 radical (unpaired) electrons. The van der Waals surface area contributed by atoms with Crippen LogP contribution in [0.1, 0.15) is 29.5 Å². The normalized spacial score (nSPS) is 35.1. The van der Waals surface area contributed by atoms with Gasteiger partial charge in [0.05, 0.1) is 44.9 Å². The molecule has 25 unspecified atom stereocenters. The van der Waals surface area contributed by atoms with Crippen molar-refractivity contribution in [3.8, 4) is 5.75 Å². The van der Waals surface area contributed by atoms with Gasteiger partial charge in [-0.3, -0.25) is 44.4 Å². The monoisotopic (exact) mass is 1410 g/mol. The Bertz CT molecular complexity index is 3340. The van der Waals surface area contributed by atoms with Gasteiger partial charge in [-0.1, -0.05) is 79.7 Å². The van der Waals surface area contributed by atoms with Crippen LogP contribution in [0.3, 0.4) is 0 Å². The van der Waals surface area contributed by atoms with Gasteiger partial charge in [-0.05, 0) is 28.8 Å². The standard InChI is InChI=1S/C62H84N12O26/c1-25(28-10-6-3-7-11-28)39-55(92)68-30(16-27-12-14-29(15-13-27)96-59-51(89)48(86)52(35(23-77)98-59)100-60-50(88)47(85)45(83)36(99-60)24-95-38(79)17-26-8-4-2-5-9-26)54(91)72-40(42(80)31-18-66-61(63)70-31)57(94)73-41(56(93)69-32(21-75)53(90)65-20-37(78)71-39)43(81)33-19-67-62(64)74(33)58-49(87)46(84)44(82)34(22-76)97-58/h2-15,25,30-36,39-52,58-60,75-77,80-89H,16-24H2,1H3,(H2,64,67)(H,65,90)(H,68,92)(H,69,93)(H,71,78)(H,72,91)(H,73,94)(H3,63,66,70). The highest BCUT2D eigenvalue weighted by Crippen LogP contribution is 2.33. The highest BCUT2D eigenvalue weighted by Gasteiger charge is 2.55. The van der Waals surface area contributed by atoms with Gasteiger partial charge in [0, 0.05) is 25.4 Å². The molecule has 6 aliphatic heterocycles. The summed E-state index contributed by atoms with van der Waals surface area (Å²) in [6.07, 6.45) is -32.6. The molecule has 548 valence electrons. The Morgan fingerprint density at radius 1 is 0.560 bits per heavy atom. The van der Waals surface area contributed by atoms with Crippen molar-refractivity contribution in [2.45, 2.75) is 172 Å². The minimum absolute atomic E-state index is 0.0932. The summed E-state index contributed by atoms with van der Waals surface area (Å²) < 4.78 is 34.2. The number of aliphatic hydroxyl groups excluding tert-OH is 13. The minimum atomic E-state index is -2.37. The lowest BCUT2D eigenvalue weighted by atomic mass is 9.92. The molecule has 0 aliphatic carbocycles. The second kappa shape index (κ2) is 33.9. The lowest BCUT2D eigenvalue weighted by molar-refractivity contribution is -0.352. The van der Waals surface area contributed by atoms with Crippen LogP contribution in [0, 0.1) is 10.8 Å². The molecule has 9 rings (SSSR count). The molecule has 25 atom stereocenters. The zero-order valence-corrected chi connectivity index (χ0v) is 53.4. The zero-order chi connectivity index (χ0) is 72.4. The van der Waals surface area contributed by atoms with Gasteiger partial charge < -0.3 is 148 Å². The third-order valence-corrected chi connectivity index (χ3v) is 18.0. The lowest BCUT2D eigenvalue weighted by Gasteiger charge is -2.46. The molecule has 100 heavy (non-hydrogen) atoms. The number of ether oxygens (including phenoxy) is 6. The third kappa shape index (κ3) is 17.7. The van der Waals surface area contributed by atoms with E-state index in [-0.39, 0.29) is 30.2 Å². The van der Waals surface area contributed by atoms with E-state index in [4.69, 9.17) is 39.2 Å². The van der Waals surface area contributed by atoms with Crippen molar-refractivity contribution in [3.05, 3.63) is 102 Å². The van der Waals surface area contributed by atoms with E-state index in [1.54, 1.807) is 67.6 Å². The summed E-state index contributed by atoms with van der Waals surface area (Å²) in [6.45, 7) is -3.75. The van der Waals surface area contributed by atoms with E-state index in [1.165, 1.54) is 24.3 Å². The molecule has 38 nitrogen and oxygen atoms in total. The van der Waals surface area contributed by atoms with Crippen LogP contribution in [0.2, 0.25) is 0 Å². The lowest BCUT2D eigenvalue weighted by Crippen LogP contribution is -2.69. The molecule has 24 N–H and O–H groups in total. The Hall–Kier alpha value is -8.39. The summed E-state index contributed by atoms with van der Waals surface area (Å²) in [6, 6.07) is 9.15. The summed E-state index contributed by atoms with van der Waals surface area (Å²) in [4.78, 5) is 101. The number of hydrogen-bond acceptors (Lipinski definition) is 28. The van der Waals surface area contributed by atoms with Gasteiger partial charge in [0.1, 0.15) is 128 Å². The largest absolute Gasteiger partial charge is 0.463 e. The molecule has 6 saturated heterocycles. The summed E-state index contributed by atoms with van der Waals surface area (Å²) in [5.41, 5.74) is 1.30. The van der Waals surface area contributed by atoms with Gasteiger partial charge in [0.25, 0.3) is 0 Å². The number of benzene rings is 3. The van der Waals surface area contributed by atoms with Crippen LogP contribution in [-0.4, -0.2) is 317 Å². The quantitative estimate of drug-likeness (QED) is 0.0467. The topological polar surface area (TPSA) is 597 Å². The second-order valence-corrected chi connectivity index (χ2v) is 24.8. The van der Waals surface area contributed by atoms with Gasteiger partial charge >= 0.3 is 5.97 Å². The van der Waals surface area contributed by atoms with E-state index >= 15 is 9.59 Å². The van der Waals surface area contributed by atoms with Crippen LogP contribution in [0.4, 0.5) is 0 Å². The fourth-order valence-electron chi connectivity index (χ4n) is 12.2. The van der Waals surface area contributed by atoms with Gasteiger partial charge in [0.2, 0.25) is 41.7 Å². The Balaban J connectivity index is 0.978. The first-order valence-electron chi connectivity index (χ1n) is 32.0. The minimum Gasteiger partial charge on any atom is -0.463 e. The molecule has 38 heteroatoms. The van der Waals surface area contributed by atoms with Crippen LogP contribution in [0.25, 0.3) is 0 Å². The van der Waals surface area contributed by atoms with Crippen molar-refractivity contribution >= 4 is 53.3 Å². The number of hydrogen-bond donors (Lipinski definition) is 24. The molecule has 6 amide bonds. The number of amides is 6. The van der Waals surface area contributed by atoms with Gasteiger partial charge in [-0.15, -0.1) is 0 Å². The summed E-state index contributed by atoms with van der Waals surface area (Å²) in [7, 11) is 0. The predicted octanol–water partition coefficient (Wildman–Crippen LogP) is -11.4. The van der Waals surface area contributed by atoms with Crippen molar-refractivity contribution in [1.29, 1.82) is 10.8 Å². The Morgan fingerprint density at radius 2 is 1.15 bits per heavy atom. The first-order chi connectivity index (χ1) is 47.7. The molecule has 3 aromatic carbocycles. The molecule has 6 fully saturated rings. The van der Waals surface area contributed by atoms with Gasteiger partial charge in [0.15, 0.2) is 24.4 Å². The van der Waals surface area contributed by atoms with Crippen molar-refractivity contribution in [2.24, 2.45) is 0 Å². The predicted molar refractivity (Wildman–Crippen MR) is 336 cm³/mol. The average molecular weight is 1410 g/mol. The molecule has 0 spiro atoms. The maximum absolute atomic E-state index is 15.2. The molecule has 6 heterocycles. The van der Waals surface area contributed by atoms with Crippen LogP contribution in [-0.2, 0) is 70.1 Å². The van der Waals surface area contributed by atoms with E-state index in [0.29, 0.717) is 11.1 Å². The summed E-state index contributed by atoms with van der Waals surface area (Å²) in [5, 5.41) is 182. The molecular formula is C62H84N12O26. The fourth-order valence-corrected chi connectivity index (χ4v) is 12.2. The number of carbonyl (C=O) groups is 7. The molecule has 0 saturated carbocycles. The van der Waals surface area contributed by atoms with Crippen LogP contribution in [0.15, 0.2) is 84.9 Å². The average Bonchev–Trinajstić information content (AvgIpc) is 1.62. The number of nitrogens with one attached hydrogen (secondary N) is 11. The third-order valence-electron chi connectivity index (χ3n) is 18.0. The number of aliphatic hydroxyl groups is 13. The van der Waals surface area contributed by atoms with E-state index < -0.39 is 246 Å². The van der Waals surface area contributed by atoms with E-state index in [9.17, 15) is 90.4 Å². The molecule has 0 bridgehead atoms. The summed E-state index contributed by atoms with van der Waals surface area (Å²) >= 11 is 0. The van der Waals surface area contributed by atoms with E-state index in [1.807, 2.05) is 0 Å². The number of rotatable bonds is 20. The molecular weight excluding hydrogens is 1330 g/mol. The van der Waals surface area contributed by atoms with Crippen LogP contribution in [0.5, 0.6) is 5.75 Å². The SMILES string of the molecule is CC(c1ccccc1)C1NC(=O)CNC(=O)C(CO)NC(=O)C(C(O)C2CNC(=N)N2C2OC(CO)C(O)C(O)C2O)NC(=O)C(C(O)C2CNC(=N)N2)NC(=O)C(Cc2ccc(OC3OC(CO)C(OC4OC(COC(=O)Cc5ccccc5)C(O)C(O)C4O)C(O)C3O)cc2)NC1=O. The second-order valence-electron chi connectivity index (χ2n) is 24.8. The van der Waals surface area contributed by atoms with Crippen LogP contribution < -0.4 is 52.6 Å². The van der Waals surface area contributed by atoms with Crippen molar-refractivity contribution in [2.75, 3.05) is 46.1 Å². The summed E-state index contributed by atoms with van der Waals surface area (Å²) in [5.74, 6) is -10.1. The number of esters is 1. The number of guanidine groups is 2. The smallest absolute Gasteiger partial charge is 0.310 e. The maximum Gasteiger partial charge on any atom is 0.310 e. The van der Waals surface area contributed by atoms with E-state index in [0.717, 1.165) is 4.90 Å². The zero-order valence-electron chi connectivity index (χ0n) is 53.4. The number of carbonyl (C=O) groups excluding carboxylic acids is 7. The van der Waals surface area contributed by atoms with Gasteiger partial charge in [-0.2, -0.15) is 0 Å². The van der Waals surface area contributed by atoms with E-state index in [2.05, 4.69) is 47.9 Å². The first kappa shape index (κ1) is 75.8. The number of nitrogens with zero attached hydrogens (tertiary/aromatic N) is 1. The van der Waals surface area contributed by atoms with Crippen LogP contribution >= 0.6 is 0 Å². The Kier molecular flexibility index (Phi) is 25.7. The van der Waals surface area contributed by atoms with Crippen molar-refractivity contribution < 1.29 is 128 Å². The Labute approximate surface area is 569 Å². The molecule has 0 aromatic heterocycles. The first-order valence-corrected chi connectivity index (χ1v) is 32.0. The van der Waals surface area contributed by atoms with Crippen molar-refractivity contribution in [1.82, 2.24) is 52.8 Å².